The highest BCUT2D eigenvalue weighted by molar-refractivity contribution is 5.92. The van der Waals surface area contributed by atoms with Crippen LogP contribution in [0.1, 0.15) is 91.8 Å². The average Bonchev–Trinajstić information content (AvgIpc) is 3.84. The lowest BCUT2D eigenvalue weighted by Crippen LogP contribution is -2.46. The Balaban J connectivity index is 1.10. The SMILES string of the molecule is CC(C)(C)OC(=O)N1CCC[C@H]1c1nc2ccc(-c3ccc4cc(-c5cnc([C@@]6(C)CCCN6C(=O)OC(C)(C)C)[nH]5)ccc4c3)cc2[nH]1. The largest absolute Gasteiger partial charge is 0.444 e. The van der Waals surface area contributed by atoms with Crippen molar-refractivity contribution >= 4 is 34.0 Å². The van der Waals surface area contributed by atoms with E-state index in [2.05, 4.69) is 65.4 Å². The standard InChI is InChI=1S/C39H46N6O4/c1-37(2,3)48-35(46)44-18-8-10-32(44)33-41-29-16-15-27(22-30(29)42-33)25-11-12-26-21-28(14-13-24(26)20-25)31-23-40-34(43-31)39(7)17-9-19-45(39)36(47)49-38(4,5)6/h11-16,20-23,32H,8-10,17-19H2,1-7H3,(H,40,43)(H,41,42)/t32-,39+/m0/s1. The molecule has 256 valence electrons. The minimum absolute atomic E-state index is 0.128. The Morgan fingerprint density at radius 1 is 0.816 bits per heavy atom. The van der Waals surface area contributed by atoms with Crippen molar-refractivity contribution in [2.24, 2.45) is 0 Å². The van der Waals surface area contributed by atoms with Gasteiger partial charge in [0.1, 0.15) is 28.4 Å². The molecule has 0 unspecified atom stereocenters. The summed E-state index contributed by atoms with van der Waals surface area (Å²) in [5.41, 5.74) is 4.28. The lowest BCUT2D eigenvalue weighted by atomic mass is 9.98. The van der Waals surface area contributed by atoms with Crippen molar-refractivity contribution in [1.29, 1.82) is 0 Å². The fraction of sp³-hybridized carbons (Fsp3) is 0.436. The number of nitrogens with one attached hydrogen (secondary N) is 2. The van der Waals surface area contributed by atoms with Crippen molar-refractivity contribution in [3.05, 3.63) is 72.4 Å². The number of aromatic nitrogens is 4. The van der Waals surface area contributed by atoms with Crippen molar-refractivity contribution in [3.8, 4) is 22.4 Å². The summed E-state index contributed by atoms with van der Waals surface area (Å²) in [5.74, 6) is 1.56. The summed E-state index contributed by atoms with van der Waals surface area (Å²) < 4.78 is 11.4. The third-order valence-corrected chi connectivity index (χ3v) is 9.52. The molecule has 2 saturated heterocycles. The van der Waals surface area contributed by atoms with Crippen molar-refractivity contribution in [1.82, 2.24) is 29.7 Å². The number of hydrogen-bond donors (Lipinski definition) is 2. The monoisotopic (exact) mass is 662 g/mol. The third kappa shape index (κ3) is 6.48. The van der Waals surface area contributed by atoms with Gasteiger partial charge >= 0.3 is 12.2 Å². The molecule has 0 saturated carbocycles. The van der Waals surface area contributed by atoms with Gasteiger partial charge in [-0.2, -0.15) is 0 Å². The maximum absolute atomic E-state index is 13.0. The van der Waals surface area contributed by atoms with Crippen molar-refractivity contribution < 1.29 is 19.1 Å². The van der Waals surface area contributed by atoms with Gasteiger partial charge in [0.25, 0.3) is 0 Å². The number of aromatic amines is 2. The fourth-order valence-corrected chi connectivity index (χ4v) is 7.11. The zero-order chi connectivity index (χ0) is 34.7. The first-order valence-corrected chi connectivity index (χ1v) is 17.3. The number of hydrogen-bond acceptors (Lipinski definition) is 6. The van der Waals surface area contributed by atoms with Gasteiger partial charge < -0.3 is 19.4 Å². The maximum atomic E-state index is 13.0. The van der Waals surface area contributed by atoms with E-state index < -0.39 is 16.7 Å². The van der Waals surface area contributed by atoms with Crippen LogP contribution in [0.3, 0.4) is 0 Å². The van der Waals surface area contributed by atoms with Crippen LogP contribution in [0, 0.1) is 0 Å². The van der Waals surface area contributed by atoms with E-state index in [1.165, 1.54) is 0 Å². The molecule has 2 atom stereocenters. The second kappa shape index (κ2) is 11.9. The minimum Gasteiger partial charge on any atom is -0.444 e. The summed E-state index contributed by atoms with van der Waals surface area (Å²) in [5, 5.41) is 2.25. The first kappa shape index (κ1) is 32.7. The second-order valence-electron chi connectivity index (χ2n) is 15.6. The normalized spacial score (nSPS) is 20.0. The molecular formula is C39H46N6O4. The molecule has 0 aliphatic carbocycles. The molecule has 2 aliphatic heterocycles. The van der Waals surface area contributed by atoms with E-state index in [0.717, 1.165) is 81.5 Å². The van der Waals surface area contributed by atoms with Crippen LogP contribution < -0.4 is 0 Å². The number of H-pyrrole nitrogens is 2. The predicted molar refractivity (Wildman–Crippen MR) is 191 cm³/mol. The van der Waals surface area contributed by atoms with E-state index in [9.17, 15) is 9.59 Å². The number of nitrogens with zero attached hydrogens (tertiary/aromatic N) is 4. The zero-order valence-corrected chi connectivity index (χ0v) is 29.5. The first-order valence-electron chi connectivity index (χ1n) is 17.3. The second-order valence-corrected chi connectivity index (χ2v) is 15.6. The van der Waals surface area contributed by atoms with Crippen LogP contribution in [0.2, 0.25) is 0 Å². The van der Waals surface area contributed by atoms with Crippen molar-refractivity contribution in [3.63, 3.8) is 0 Å². The van der Waals surface area contributed by atoms with Gasteiger partial charge in [-0.3, -0.25) is 9.80 Å². The van der Waals surface area contributed by atoms with Gasteiger partial charge in [0.15, 0.2) is 0 Å². The van der Waals surface area contributed by atoms with E-state index in [-0.39, 0.29) is 18.2 Å². The number of imidazole rings is 2. The molecule has 2 fully saturated rings. The Kier molecular flexibility index (Phi) is 7.95. The Morgan fingerprint density at radius 3 is 2.20 bits per heavy atom. The predicted octanol–water partition coefficient (Wildman–Crippen LogP) is 9.09. The Bertz CT molecular complexity index is 2050. The Labute approximate surface area is 287 Å². The van der Waals surface area contributed by atoms with Gasteiger partial charge in [0.2, 0.25) is 0 Å². The molecule has 0 bridgehead atoms. The van der Waals surface area contributed by atoms with Crippen LogP contribution in [-0.4, -0.2) is 66.2 Å². The Morgan fingerprint density at radius 2 is 1.47 bits per heavy atom. The molecule has 10 nitrogen and oxygen atoms in total. The lowest BCUT2D eigenvalue weighted by Gasteiger charge is -2.34. The van der Waals surface area contributed by atoms with E-state index in [4.69, 9.17) is 19.4 Å². The van der Waals surface area contributed by atoms with Crippen molar-refractivity contribution in [2.45, 2.75) is 96.9 Å². The third-order valence-electron chi connectivity index (χ3n) is 9.52. The highest BCUT2D eigenvalue weighted by atomic mass is 16.6. The number of amides is 2. The molecule has 0 spiro atoms. The fourth-order valence-electron chi connectivity index (χ4n) is 7.11. The number of rotatable bonds is 4. The molecule has 2 N–H and O–H groups in total. The molecular weight excluding hydrogens is 616 g/mol. The van der Waals surface area contributed by atoms with Crippen LogP contribution in [0.25, 0.3) is 44.2 Å². The molecule has 2 aromatic heterocycles. The van der Waals surface area contributed by atoms with Crippen LogP contribution in [0.5, 0.6) is 0 Å². The zero-order valence-electron chi connectivity index (χ0n) is 29.5. The molecule has 2 aliphatic rings. The Hall–Kier alpha value is -4.86. The summed E-state index contributed by atoms with van der Waals surface area (Å²) in [7, 11) is 0. The topological polar surface area (TPSA) is 116 Å². The molecule has 3 aromatic carbocycles. The van der Waals surface area contributed by atoms with Crippen LogP contribution in [-0.2, 0) is 15.0 Å². The average molecular weight is 663 g/mol. The number of carbonyl (C=O) groups excluding carboxylic acids is 2. The van der Waals surface area contributed by atoms with Gasteiger partial charge in [-0.25, -0.2) is 19.6 Å². The molecule has 0 radical (unpaired) electrons. The highest BCUT2D eigenvalue weighted by Crippen LogP contribution is 2.39. The molecule has 5 aromatic rings. The molecule has 4 heterocycles. The summed E-state index contributed by atoms with van der Waals surface area (Å²) in [6, 6.07) is 19.0. The quantitative estimate of drug-likeness (QED) is 0.198. The van der Waals surface area contributed by atoms with Crippen LogP contribution >= 0.6 is 0 Å². The van der Waals surface area contributed by atoms with Crippen LogP contribution in [0.4, 0.5) is 9.59 Å². The lowest BCUT2D eigenvalue weighted by molar-refractivity contribution is 0.00858. The molecule has 10 heteroatoms. The smallest absolute Gasteiger partial charge is 0.411 e. The number of fused-ring (bicyclic) bond motifs is 2. The van der Waals surface area contributed by atoms with Gasteiger partial charge in [0.05, 0.1) is 29.0 Å². The van der Waals surface area contributed by atoms with E-state index in [1.54, 1.807) is 9.80 Å². The first-order chi connectivity index (χ1) is 23.2. The number of likely N-dealkylation sites (tertiary alicyclic amines) is 2. The summed E-state index contributed by atoms with van der Waals surface area (Å²) in [6.45, 7) is 14.7. The van der Waals surface area contributed by atoms with E-state index >= 15 is 0 Å². The summed E-state index contributed by atoms with van der Waals surface area (Å²) in [4.78, 5) is 46.2. The highest BCUT2D eigenvalue weighted by Gasteiger charge is 2.45. The van der Waals surface area contributed by atoms with E-state index in [1.807, 2.05) is 53.8 Å². The van der Waals surface area contributed by atoms with Gasteiger partial charge in [0, 0.05) is 18.7 Å². The summed E-state index contributed by atoms with van der Waals surface area (Å²) in [6.07, 6.45) is 4.73. The minimum atomic E-state index is -0.558. The van der Waals surface area contributed by atoms with Gasteiger partial charge in [-0.15, -0.1) is 0 Å². The number of carbonyl (C=O) groups is 2. The van der Waals surface area contributed by atoms with Crippen LogP contribution in [0.15, 0.2) is 60.8 Å². The molecule has 49 heavy (non-hydrogen) atoms. The van der Waals surface area contributed by atoms with Gasteiger partial charge in [-0.1, -0.05) is 30.3 Å². The van der Waals surface area contributed by atoms with Crippen molar-refractivity contribution in [2.75, 3.05) is 13.1 Å². The maximum Gasteiger partial charge on any atom is 0.411 e. The molecule has 7 rings (SSSR count). The van der Waals surface area contributed by atoms with E-state index in [0.29, 0.717) is 13.1 Å². The molecule has 2 amide bonds. The number of ether oxygens (including phenoxy) is 2. The summed E-state index contributed by atoms with van der Waals surface area (Å²) >= 11 is 0. The number of benzene rings is 3. The van der Waals surface area contributed by atoms with Gasteiger partial charge in [-0.05, 0) is 120 Å².